The number of nitrogens with one attached hydrogen (secondary N) is 1. The van der Waals surface area contributed by atoms with E-state index in [-0.39, 0.29) is 24.6 Å². The number of ether oxygens (including phenoxy) is 1. The van der Waals surface area contributed by atoms with E-state index >= 15 is 0 Å². The van der Waals surface area contributed by atoms with Gasteiger partial charge in [-0.1, -0.05) is 5.16 Å². The molecule has 1 aromatic rings. The van der Waals surface area contributed by atoms with Crippen molar-refractivity contribution in [2.24, 2.45) is 0 Å². The maximum Gasteiger partial charge on any atom is 0.243 e. The van der Waals surface area contributed by atoms with Crippen molar-refractivity contribution in [3.8, 4) is 0 Å². The van der Waals surface area contributed by atoms with Gasteiger partial charge in [-0.05, 0) is 13.3 Å². The minimum atomic E-state index is 0. The molecule has 1 N–H and O–H groups in total. The summed E-state index contributed by atoms with van der Waals surface area (Å²) in [5.41, 5.74) is 0. The van der Waals surface area contributed by atoms with Crippen molar-refractivity contribution in [1.29, 1.82) is 0 Å². The molecule has 5 nitrogen and oxygen atoms in total. The van der Waals surface area contributed by atoms with E-state index in [0.29, 0.717) is 11.7 Å². The molecule has 0 aliphatic carbocycles. The van der Waals surface area contributed by atoms with Crippen molar-refractivity contribution in [2.45, 2.75) is 25.5 Å². The highest BCUT2D eigenvalue weighted by atomic mass is 35.5. The Morgan fingerprint density at radius 3 is 2.86 bits per heavy atom. The summed E-state index contributed by atoms with van der Waals surface area (Å²) < 4.78 is 10.3. The topological polar surface area (TPSA) is 60.2 Å². The molecule has 2 heterocycles. The first kappa shape index (κ1) is 11.4. The summed E-state index contributed by atoms with van der Waals surface area (Å²) in [6.07, 6.45) is 1.16. The molecule has 0 saturated carbocycles. The van der Waals surface area contributed by atoms with E-state index in [4.69, 9.17) is 9.26 Å². The standard InChI is InChI=1S/C8H13N3O2.ClH/c1-5-10-8(13-11-5)7-3-6(12-2)4-9-7;/h6-7,9H,3-4H2,1-2H3;1H/t6-,7+;/m1./s1. The number of methoxy groups -OCH3 is 1. The molecule has 2 atom stereocenters. The number of aryl methyl sites for hydroxylation is 1. The second-order valence-electron chi connectivity index (χ2n) is 3.23. The Bertz CT molecular complexity index is 292. The summed E-state index contributed by atoms with van der Waals surface area (Å²) in [5, 5.41) is 7.01. The zero-order valence-electron chi connectivity index (χ0n) is 8.19. The van der Waals surface area contributed by atoms with E-state index in [9.17, 15) is 0 Å². The third-order valence-electron chi connectivity index (χ3n) is 2.27. The Balaban J connectivity index is 0.000000980. The van der Waals surface area contributed by atoms with E-state index in [1.54, 1.807) is 7.11 Å². The van der Waals surface area contributed by atoms with Crippen LogP contribution in [-0.4, -0.2) is 29.9 Å². The fraction of sp³-hybridized carbons (Fsp3) is 0.750. The molecule has 0 amide bonds. The van der Waals surface area contributed by atoms with Gasteiger partial charge >= 0.3 is 0 Å². The second kappa shape index (κ2) is 4.72. The van der Waals surface area contributed by atoms with Crippen molar-refractivity contribution in [3.63, 3.8) is 0 Å². The Hall–Kier alpha value is -0.650. The molecule has 6 heteroatoms. The largest absolute Gasteiger partial charge is 0.380 e. The van der Waals surface area contributed by atoms with Crippen LogP contribution in [0.3, 0.4) is 0 Å². The Morgan fingerprint density at radius 1 is 1.57 bits per heavy atom. The van der Waals surface area contributed by atoms with Gasteiger partial charge in [0, 0.05) is 13.7 Å². The average Bonchev–Trinajstić information content (AvgIpc) is 2.71. The second-order valence-corrected chi connectivity index (χ2v) is 3.23. The van der Waals surface area contributed by atoms with Gasteiger partial charge in [-0.3, -0.25) is 0 Å². The molecule has 1 aliphatic rings. The van der Waals surface area contributed by atoms with Crippen LogP contribution in [0.1, 0.15) is 24.2 Å². The van der Waals surface area contributed by atoms with Gasteiger partial charge < -0.3 is 14.6 Å². The molecule has 0 radical (unpaired) electrons. The van der Waals surface area contributed by atoms with E-state index in [0.717, 1.165) is 13.0 Å². The molecular weight excluding hydrogens is 206 g/mol. The first-order valence-corrected chi connectivity index (χ1v) is 4.36. The first-order valence-electron chi connectivity index (χ1n) is 4.36. The summed E-state index contributed by atoms with van der Waals surface area (Å²) in [5.74, 6) is 1.34. The van der Waals surface area contributed by atoms with Crippen molar-refractivity contribution in [1.82, 2.24) is 15.5 Å². The van der Waals surface area contributed by atoms with Crippen molar-refractivity contribution >= 4 is 12.4 Å². The van der Waals surface area contributed by atoms with Gasteiger partial charge in [-0.25, -0.2) is 0 Å². The summed E-state index contributed by atoms with van der Waals surface area (Å²) in [6, 6.07) is 0.158. The van der Waals surface area contributed by atoms with Crippen LogP contribution in [0.25, 0.3) is 0 Å². The van der Waals surface area contributed by atoms with Crippen LogP contribution in [0.4, 0.5) is 0 Å². The zero-order valence-corrected chi connectivity index (χ0v) is 9.00. The van der Waals surface area contributed by atoms with Gasteiger partial charge in [-0.2, -0.15) is 4.98 Å². The van der Waals surface area contributed by atoms with Gasteiger partial charge in [0.1, 0.15) is 0 Å². The molecule has 0 bridgehead atoms. The molecule has 1 aromatic heterocycles. The lowest BCUT2D eigenvalue weighted by molar-refractivity contribution is 0.116. The predicted octanol–water partition coefficient (Wildman–Crippen LogP) is 0.849. The fourth-order valence-electron chi connectivity index (χ4n) is 1.53. The lowest BCUT2D eigenvalue weighted by Crippen LogP contribution is -2.16. The third kappa shape index (κ3) is 2.23. The van der Waals surface area contributed by atoms with Gasteiger partial charge in [0.15, 0.2) is 5.82 Å². The monoisotopic (exact) mass is 219 g/mol. The smallest absolute Gasteiger partial charge is 0.243 e. The summed E-state index contributed by atoms with van der Waals surface area (Å²) in [7, 11) is 1.72. The van der Waals surface area contributed by atoms with E-state index in [1.165, 1.54) is 0 Å². The lowest BCUT2D eigenvalue weighted by atomic mass is 10.2. The van der Waals surface area contributed by atoms with Gasteiger partial charge in [-0.15, -0.1) is 12.4 Å². The van der Waals surface area contributed by atoms with Gasteiger partial charge in [0.25, 0.3) is 0 Å². The minimum absolute atomic E-state index is 0. The van der Waals surface area contributed by atoms with Crippen LogP contribution in [0.2, 0.25) is 0 Å². The minimum Gasteiger partial charge on any atom is -0.380 e. The van der Waals surface area contributed by atoms with Crippen LogP contribution in [0, 0.1) is 6.92 Å². The van der Waals surface area contributed by atoms with Crippen LogP contribution >= 0.6 is 12.4 Å². The SMILES string of the molecule is CO[C@H]1CN[C@H](c2nc(C)no2)C1.Cl. The molecule has 1 aliphatic heterocycles. The van der Waals surface area contributed by atoms with Crippen molar-refractivity contribution in [3.05, 3.63) is 11.7 Å². The number of aromatic nitrogens is 2. The highest BCUT2D eigenvalue weighted by Gasteiger charge is 2.28. The Labute approximate surface area is 88.6 Å². The summed E-state index contributed by atoms with van der Waals surface area (Å²) in [6.45, 7) is 2.67. The third-order valence-corrected chi connectivity index (χ3v) is 2.27. The van der Waals surface area contributed by atoms with Crippen LogP contribution in [0.15, 0.2) is 4.52 Å². The average molecular weight is 220 g/mol. The zero-order chi connectivity index (χ0) is 9.26. The molecule has 80 valence electrons. The van der Waals surface area contributed by atoms with Crippen molar-refractivity contribution in [2.75, 3.05) is 13.7 Å². The molecule has 0 unspecified atom stereocenters. The maximum atomic E-state index is 5.22. The number of halogens is 1. The molecule has 1 fully saturated rings. The van der Waals surface area contributed by atoms with E-state index < -0.39 is 0 Å². The number of nitrogens with zero attached hydrogens (tertiary/aromatic N) is 2. The molecule has 2 rings (SSSR count). The highest BCUT2D eigenvalue weighted by Crippen LogP contribution is 2.22. The van der Waals surface area contributed by atoms with Gasteiger partial charge in [0.05, 0.1) is 12.1 Å². The maximum absolute atomic E-state index is 5.22. The molecule has 14 heavy (non-hydrogen) atoms. The lowest BCUT2D eigenvalue weighted by Gasteiger charge is -2.03. The molecular formula is C8H14ClN3O2. The van der Waals surface area contributed by atoms with Crippen LogP contribution in [-0.2, 0) is 4.74 Å². The molecule has 1 saturated heterocycles. The molecule has 0 spiro atoms. The quantitative estimate of drug-likeness (QED) is 0.799. The van der Waals surface area contributed by atoms with Crippen LogP contribution < -0.4 is 5.32 Å². The van der Waals surface area contributed by atoms with E-state index in [2.05, 4.69) is 15.5 Å². The first-order chi connectivity index (χ1) is 6.29. The Kier molecular flexibility index (Phi) is 3.86. The number of hydrogen-bond donors (Lipinski definition) is 1. The predicted molar refractivity (Wildman–Crippen MR) is 52.4 cm³/mol. The highest BCUT2D eigenvalue weighted by molar-refractivity contribution is 5.85. The summed E-state index contributed by atoms with van der Waals surface area (Å²) >= 11 is 0. The summed E-state index contributed by atoms with van der Waals surface area (Å²) in [4.78, 5) is 4.17. The fourth-order valence-corrected chi connectivity index (χ4v) is 1.53. The number of hydrogen-bond acceptors (Lipinski definition) is 5. The number of rotatable bonds is 2. The van der Waals surface area contributed by atoms with Crippen molar-refractivity contribution < 1.29 is 9.26 Å². The molecule has 0 aromatic carbocycles. The van der Waals surface area contributed by atoms with Crippen LogP contribution in [0.5, 0.6) is 0 Å². The normalized spacial score (nSPS) is 26.1. The Morgan fingerprint density at radius 2 is 2.36 bits per heavy atom. The van der Waals surface area contributed by atoms with E-state index in [1.807, 2.05) is 6.92 Å². The van der Waals surface area contributed by atoms with Gasteiger partial charge in [0.2, 0.25) is 5.89 Å².